The molecule has 2 nitrogen and oxygen atoms in total. The number of carbonyl (C=O) groups is 1. The zero-order valence-electron chi connectivity index (χ0n) is 10.7. The van der Waals surface area contributed by atoms with Crippen molar-refractivity contribution in [3.63, 3.8) is 0 Å². The van der Waals surface area contributed by atoms with Crippen molar-refractivity contribution in [2.75, 3.05) is 5.88 Å². The second kappa shape index (κ2) is 5.22. The molecule has 19 heavy (non-hydrogen) atoms. The van der Waals surface area contributed by atoms with Crippen LogP contribution < -0.4 is 0 Å². The van der Waals surface area contributed by atoms with E-state index in [4.69, 9.17) is 11.6 Å². The van der Waals surface area contributed by atoms with Crippen LogP contribution in [0.5, 0.6) is 0 Å². The number of hydrogen-bond acceptors (Lipinski definition) is 1. The van der Waals surface area contributed by atoms with Crippen molar-refractivity contribution in [3.05, 3.63) is 41.6 Å². The van der Waals surface area contributed by atoms with Gasteiger partial charge in [0.15, 0.2) is 6.29 Å². The molecule has 2 aromatic rings. The summed E-state index contributed by atoms with van der Waals surface area (Å²) in [4.78, 5) is 11.3. The molecule has 0 radical (unpaired) electrons. The molecule has 0 saturated heterocycles. The number of nitrogens with zero attached hydrogens (tertiary/aromatic N) is 1. The molecule has 1 aliphatic rings. The van der Waals surface area contributed by atoms with Gasteiger partial charge in [0.25, 0.3) is 0 Å². The summed E-state index contributed by atoms with van der Waals surface area (Å²) < 4.78 is 2.16. The Morgan fingerprint density at radius 3 is 2.89 bits per heavy atom. The third-order valence-electron chi connectivity index (χ3n) is 3.63. The molecule has 0 atom stereocenters. The minimum atomic E-state index is 0.500. The Bertz CT molecular complexity index is 637. The van der Waals surface area contributed by atoms with Crippen LogP contribution in [0.3, 0.4) is 0 Å². The predicted molar refractivity (Wildman–Crippen MR) is 79.8 cm³/mol. The topological polar surface area (TPSA) is 22.0 Å². The summed E-state index contributed by atoms with van der Waals surface area (Å²) >= 11 is 5.72. The second-order valence-electron chi connectivity index (χ2n) is 5.08. The summed E-state index contributed by atoms with van der Waals surface area (Å²) in [6, 6.07) is 8.13. The molecule has 98 valence electrons. The van der Waals surface area contributed by atoms with Crippen molar-refractivity contribution in [1.82, 2.24) is 4.57 Å². The number of aldehydes is 1. The molecular formula is C16H16ClNO. The number of allylic oxidation sites excluding steroid dienone is 1. The zero-order valence-corrected chi connectivity index (χ0v) is 11.4. The third kappa shape index (κ3) is 2.45. The minimum Gasteiger partial charge on any atom is -0.338 e. The van der Waals surface area contributed by atoms with Crippen molar-refractivity contribution in [2.24, 2.45) is 5.92 Å². The highest BCUT2D eigenvalue weighted by atomic mass is 35.5. The van der Waals surface area contributed by atoms with Crippen LogP contribution in [0.1, 0.15) is 28.9 Å². The summed E-state index contributed by atoms with van der Waals surface area (Å²) in [6.45, 7) is 0.948. The van der Waals surface area contributed by atoms with Gasteiger partial charge in [-0.2, -0.15) is 0 Å². The van der Waals surface area contributed by atoms with Gasteiger partial charge in [-0.05, 0) is 30.4 Å². The van der Waals surface area contributed by atoms with E-state index >= 15 is 0 Å². The van der Waals surface area contributed by atoms with Gasteiger partial charge in [0.1, 0.15) is 0 Å². The van der Waals surface area contributed by atoms with E-state index in [2.05, 4.69) is 16.7 Å². The van der Waals surface area contributed by atoms with Crippen LogP contribution in [0, 0.1) is 5.92 Å². The number of carbonyl (C=O) groups excluding carboxylic acids is 1. The number of alkyl halides is 1. The Labute approximate surface area is 117 Å². The Kier molecular flexibility index (Phi) is 3.43. The minimum absolute atomic E-state index is 0.500. The van der Waals surface area contributed by atoms with E-state index in [-0.39, 0.29) is 0 Å². The van der Waals surface area contributed by atoms with Gasteiger partial charge in [-0.3, -0.25) is 4.79 Å². The van der Waals surface area contributed by atoms with Crippen molar-refractivity contribution in [3.8, 4) is 0 Å². The molecule has 3 heteroatoms. The SMILES string of the molecule is O=Cc1cc2cccc(/C=C/CCl)c2n1CC1CC1. The van der Waals surface area contributed by atoms with Gasteiger partial charge in [-0.15, -0.1) is 11.6 Å². The van der Waals surface area contributed by atoms with Crippen molar-refractivity contribution in [1.29, 1.82) is 0 Å². The van der Waals surface area contributed by atoms with Crippen LogP contribution in [0.4, 0.5) is 0 Å². The highest BCUT2D eigenvalue weighted by Gasteiger charge is 2.24. The van der Waals surface area contributed by atoms with E-state index in [1.54, 1.807) is 0 Å². The average Bonchev–Trinajstić information content (AvgIpc) is 3.17. The highest BCUT2D eigenvalue weighted by Crippen LogP contribution is 2.34. The molecule has 0 spiro atoms. The van der Waals surface area contributed by atoms with Crippen molar-refractivity contribution < 1.29 is 4.79 Å². The molecule has 1 aliphatic carbocycles. The molecule has 0 unspecified atom stereocenters. The van der Waals surface area contributed by atoms with Crippen LogP contribution in [0.2, 0.25) is 0 Å². The third-order valence-corrected chi connectivity index (χ3v) is 3.81. The molecule has 1 saturated carbocycles. The van der Waals surface area contributed by atoms with E-state index in [1.165, 1.54) is 12.8 Å². The number of rotatable bonds is 5. The Hall–Kier alpha value is -1.54. The first-order valence-electron chi connectivity index (χ1n) is 6.63. The number of fused-ring (bicyclic) bond motifs is 1. The maximum absolute atomic E-state index is 11.3. The van der Waals surface area contributed by atoms with Gasteiger partial charge in [0, 0.05) is 17.8 Å². The fourth-order valence-electron chi connectivity index (χ4n) is 2.53. The molecule has 1 aromatic heterocycles. The first kappa shape index (κ1) is 12.5. The fourth-order valence-corrected chi connectivity index (χ4v) is 2.62. The quantitative estimate of drug-likeness (QED) is 0.593. The van der Waals surface area contributed by atoms with E-state index < -0.39 is 0 Å². The summed E-state index contributed by atoms with van der Waals surface area (Å²) in [7, 11) is 0. The molecular weight excluding hydrogens is 258 g/mol. The Morgan fingerprint density at radius 2 is 2.21 bits per heavy atom. The highest BCUT2D eigenvalue weighted by molar-refractivity contribution is 6.19. The molecule has 0 amide bonds. The van der Waals surface area contributed by atoms with Gasteiger partial charge in [0.05, 0.1) is 11.2 Å². The maximum Gasteiger partial charge on any atom is 0.166 e. The predicted octanol–water partition coefficient (Wildman–Crippen LogP) is 4.12. The summed E-state index contributed by atoms with van der Waals surface area (Å²) in [5, 5.41) is 1.12. The summed E-state index contributed by atoms with van der Waals surface area (Å²) in [5.74, 6) is 1.24. The molecule has 0 aliphatic heterocycles. The van der Waals surface area contributed by atoms with Gasteiger partial charge in [-0.25, -0.2) is 0 Å². The van der Waals surface area contributed by atoms with Gasteiger partial charge >= 0.3 is 0 Å². The van der Waals surface area contributed by atoms with Gasteiger partial charge in [0.2, 0.25) is 0 Å². The number of halogens is 1. The molecule has 1 heterocycles. The van der Waals surface area contributed by atoms with Gasteiger partial charge < -0.3 is 4.57 Å². The summed E-state index contributed by atoms with van der Waals surface area (Å²) in [6.07, 6.45) is 7.48. The summed E-state index contributed by atoms with van der Waals surface area (Å²) in [5.41, 5.74) is 3.05. The van der Waals surface area contributed by atoms with Gasteiger partial charge in [-0.1, -0.05) is 30.4 Å². The number of benzene rings is 1. The zero-order chi connectivity index (χ0) is 13.2. The fraction of sp³-hybridized carbons (Fsp3) is 0.312. The molecule has 0 N–H and O–H groups in total. The Balaban J connectivity index is 2.17. The second-order valence-corrected chi connectivity index (χ2v) is 5.39. The van der Waals surface area contributed by atoms with Crippen LogP contribution in [-0.4, -0.2) is 16.7 Å². The lowest BCUT2D eigenvalue weighted by Crippen LogP contribution is -2.04. The lowest BCUT2D eigenvalue weighted by atomic mass is 10.1. The molecule has 1 aromatic carbocycles. The first-order valence-corrected chi connectivity index (χ1v) is 7.17. The first-order chi connectivity index (χ1) is 9.33. The Morgan fingerprint density at radius 1 is 1.37 bits per heavy atom. The number of para-hydroxylation sites is 1. The van der Waals surface area contributed by atoms with E-state index in [0.717, 1.165) is 40.9 Å². The monoisotopic (exact) mass is 273 g/mol. The van der Waals surface area contributed by atoms with Crippen LogP contribution >= 0.6 is 11.6 Å². The standard InChI is InChI=1S/C16H16ClNO/c17-8-2-5-13-3-1-4-14-9-15(11-19)18(16(13)14)10-12-6-7-12/h1-5,9,11-12H,6-8,10H2/b5-2+. The number of hydrogen-bond donors (Lipinski definition) is 0. The molecule has 3 rings (SSSR count). The van der Waals surface area contributed by atoms with Crippen LogP contribution in [0.25, 0.3) is 17.0 Å². The van der Waals surface area contributed by atoms with E-state index in [9.17, 15) is 4.79 Å². The van der Waals surface area contributed by atoms with E-state index in [0.29, 0.717) is 5.88 Å². The number of aromatic nitrogens is 1. The van der Waals surface area contributed by atoms with Crippen LogP contribution in [-0.2, 0) is 6.54 Å². The molecule has 0 bridgehead atoms. The lowest BCUT2D eigenvalue weighted by Gasteiger charge is -2.08. The largest absolute Gasteiger partial charge is 0.338 e. The van der Waals surface area contributed by atoms with Crippen molar-refractivity contribution in [2.45, 2.75) is 19.4 Å². The normalized spacial score (nSPS) is 15.4. The maximum atomic E-state index is 11.3. The van der Waals surface area contributed by atoms with E-state index in [1.807, 2.05) is 24.3 Å². The smallest absolute Gasteiger partial charge is 0.166 e. The molecule has 1 fully saturated rings. The van der Waals surface area contributed by atoms with Crippen molar-refractivity contribution >= 4 is 34.9 Å². The van der Waals surface area contributed by atoms with Crippen LogP contribution in [0.15, 0.2) is 30.3 Å². The lowest BCUT2D eigenvalue weighted by molar-refractivity contribution is 0.111. The average molecular weight is 274 g/mol.